The Labute approximate surface area is 126 Å². The molecular formula is C14H21O6P. The van der Waals surface area contributed by atoms with Crippen molar-refractivity contribution in [1.29, 1.82) is 0 Å². The standard InChI is InChI=1S/C14H21O6P/c1-9-12(19-14(20-21)11(16)7-15)8-17-13(18-9)10-5-3-2-4-6-10/h2-6,9,11-16H,7-8,21H2,1H3/t9-,11+,12?,13?,14+/m1/s1. The molecule has 1 aliphatic heterocycles. The lowest BCUT2D eigenvalue weighted by Crippen LogP contribution is -2.45. The van der Waals surface area contributed by atoms with Gasteiger partial charge in [0.15, 0.2) is 12.6 Å². The van der Waals surface area contributed by atoms with Gasteiger partial charge in [0.25, 0.3) is 0 Å². The van der Waals surface area contributed by atoms with E-state index in [2.05, 4.69) is 0 Å². The summed E-state index contributed by atoms with van der Waals surface area (Å²) in [5.74, 6) is 0. The minimum Gasteiger partial charge on any atom is -0.393 e. The third-order valence-electron chi connectivity index (χ3n) is 3.29. The summed E-state index contributed by atoms with van der Waals surface area (Å²) in [6, 6.07) is 9.64. The first-order valence-electron chi connectivity index (χ1n) is 6.77. The van der Waals surface area contributed by atoms with Crippen LogP contribution in [0.1, 0.15) is 18.8 Å². The smallest absolute Gasteiger partial charge is 0.189 e. The summed E-state index contributed by atoms with van der Waals surface area (Å²) in [6.45, 7) is 1.73. The van der Waals surface area contributed by atoms with Gasteiger partial charge in [-0.3, -0.25) is 0 Å². The predicted molar refractivity (Wildman–Crippen MR) is 78.2 cm³/mol. The lowest BCUT2D eigenvalue weighted by atomic mass is 10.1. The summed E-state index contributed by atoms with van der Waals surface area (Å²) in [5.41, 5.74) is 0.942. The van der Waals surface area contributed by atoms with Gasteiger partial charge < -0.3 is 28.9 Å². The largest absolute Gasteiger partial charge is 0.393 e. The van der Waals surface area contributed by atoms with E-state index in [1.54, 1.807) is 0 Å². The highest BCUT2D eigenvalue weighted by Crippen LogP contribution is 2.28. The van der Waals surface area contributed by atoms with Crippen molar-refractivity contribution in [3.8, 4) is 0 Å². The number of hydrogen-bond acceptors (Lipinski definition) is 6. The Kier molecular flexibility index (Phi) is 6.51. The molecule has 0 spiro atoms. The van der Waals surface area contributed by atoms with Gasteiger partial charge in [-0.1, -0.05) is 30.3 Å². The maximum atomic E-state index is 9.57. The van der Waals surface area contributed by atoms with E-state index >= 15 is 0 Å². The number of hydrogen-bond donors (Lipinski definition) is 2. The van der Waals surface area contributed by atoms with Crippen molar-refractivity contribution in [2.75, 3.05) is 13.2 Å². The third-order valence-corrected chi connectivity index (χ3v) is 3.56. The Bertz CT molecular complexity index is 417. The van der Waals surface area contributed by atoms with Crippen LogP contribution in [0.5, 0.6) is 0 Å². The lowest BCUT2D eigenvalue weighted by molar-refractivity contribution is -0.291. The molecule has 6 atom stereocenters. The molecule has 1 heterocycles. The van der Waals surface area contributed by atoms with Crippen molar-refractivity contribution in [2.24, 2.45) is 0 Å². The first kappa shape index (κ1) is 16.8. The van der Waals surface area contributed by atoms with E-state index in [0.717, 1.165) is 5.56 Å². The maximum Gasteiger partial charge on any atom is 0.189 e. The van der Waals surface area contributed by atoms with Gasteiger partial charge in [-0.05, 0) is 6.92 Å². The fourth-order valence-electron chi connectivity index (χ4n) is 2.05. The first-order chi connectivity index (χ1) is 10.2. The molecule has 1 saturated heterocycles. The van der Waals surface area contributed by atoms with Crippen LogP contribution in [0.25, 0.3) is 0 Å². The van der Waals surface area contributed by atoms with Crippen molar-refractivity contribution < 1.29 is 28.9 Å². The van der Waals surface area contributed by atoms with E-state index in [1.165, 1.54) is 0 Å². The molecule has 0 aromatic heterocycles. The Hall–Kier alpha value is -0.590. The van der Waals surface area contributed by atoms with E-state index < -0.39 is 31.4 Å². The molecule has 2 rings (SSSR count). The summed E-state index contributed by atoms with van der Waals surface area (Å²) < 4.78 is 22.0. The van der Waals surface area contributed by atoms with Crippen molar-refractivity contribution in [2.45, 2.75) is 37.8 Å². The van der Waals surface area contributed by atoms with Crippen molar-refractivity contribution in [3.63, 3.8) is 0 Å². The van der Waals surface area contributed by atoms with Gasteiger partial charge in [-0.2, -0.15) is 0 Å². The first-order valence-corrected chi connectivity index (χ1v) is 7.24. The zero-order valence-electron chi connectivity index (χ0n) is 11.8. The average Bonchev–Trinajstić information content (AvgIpc) is 2.53. The fourth-order valence-corrected chi connectivity index (χ4v) is 2.29. The Morgan fingerprint density at radius 3 is 2.67 bits per heavy atom. The van der Waals surface area contributed by atoms with E-state index in [4.69, 9.17) is 23.8 Å². The van der Waals surface area contributed by atoms with Crippen LogP contribution in [0.4, 0.5) is 0 Å². The molecule has 21 heavy (non-hydrogen) atoms. The van der Waals surface area contributed by atoms with Crippen molar-refractivity contribution in [3.05, 3.63) is 35.9 Å². The van der Waals surface area contributed by atoms with Crippen LogP contribution >= 0.6 is 9.47 Å². The highest BCUT2D eigenvalue weighted by Gasteiger charge is 2.34. The molecule has 0 radical (unpaired) electrons. The van der Waals surface area contributed by atoms with Crippen LogP contribution in [0.2, 0.25) is 0 Å². The van der Waals surface area contributed by atoms with Crippen LogP contribution < -0.4 is 0 Å². The summed E-state index contributed by atoms with van der Waals surface area (Å²) in [4.78, 5) is 0. The van der Waals surface area contributed by atoms with E-state index in [1.807, 2.05) is 46.7 Å². The molecule has 0 bridgehead atoms. The normalized spacial score (nSPS) is 29.0. The number of aliphatic hydroxyl groups is 2. The molecule has 2 N–H and O–H groups in total. The van der Waals surface area contributed by atoms with Gasteiger partial charge in [0, 0.05) is 15.0 Å². The number of aliphatic hydroxyl groups excluding tert-OH is 2. The zero-order valence-corrected chi connectivity index (χ0v) is 12.9. The number of benzene rings is 1. The van der Waals surface area contributed by atoms with Gasteiger partial charge in [-0.25, -0.2) is 0 Å². The minimum atomic E-state index is -1.12. The fraction of sp³-hybridized carbons (Fsp3) is 0.571. The molecule has 0 aliphatic carbocycles. The molecule has 0 saturated carbocycles. The second-order valence-electron chi connectivity index (χ2n) is 4.85. The van der Waals surface area contributed by atoms with Gasteiger partial charge in [0.05, 0.1) is 19.3 Å². The van der Waals surface area contributed by atoms with Crippen molar-refractivity contribution in [1.82, 2.24) is 0 Å². The second kappa shape index (κ2) is 8.15. The molecule has 1 aliphatic rings. The van der Waals surface area contributed by atoms with Crippen LogP contribution in [0.15, 0.2) is 30.3 Å². The SMILES string of the molecule is C[C@H]1OC(c2ccccc2)OCC1O[C@@H](OP)[C@@H](O)CO. The van der Waals surface area contributed by atoms with E-state index in [9.17, 15) is 5.11 Å². The number of ether oxygens (including phenoxy) is 3. The van der Waals surface area contributed by atoms with Gasteiger partial charge in [0.1, 0.15) is 12.2 Å². The molecule has 7 heteroatoms. The van der Waals surface area contributed by atoms with Crippen LogP contribution in [0, 0.1) is 0 Å². The highest BCUT2D eigenvalue weighted by atomic mass is 31.0. The van der Waals surface area contributed by atoms with Crippen LogP contribution in [0.3, 0.4) is 0 Å². The number of rotatable bonds is 6. The van der Waals surface area contributed by atoms with E-state index in [0.29, 0.717) is 6.61 Å². The molecule has 6 nitrogen and oxygen atoms in total. The van der Waals surface area contributed by atoms with Crippen molar-refractivity contribution >= 4 is 9.47 Å². The van der Waals surface area contributed by atoms with E-state index in [-0.39, 0.29) is 6.10 Å². The summed E-state index contributed by atoms with van der Waals surface area (Å²) >= 11 is 0. The molecule has 0 amide bonds. The summed E-state index contributed by atoms with van der Waals surface area (Å²) in [5, 5.41) is 18.5. The highest BCUT2D eigenvalue weighted by molar-refractivity contribution is 7.09. The summed E-state index contributed by atoms with van der Waals surface area (Å²) in [6.07, 6.45) is -3.14. The molecule has 118 valence electrons. The molecule has 1 fully saturated rings. The van der Waals surface area contributed by atoms with Gasteiger partial charge in [-0.15, -0.1) is 0 Å². The molecule has 1 aromatic rings. The summed E-state index contributed by atoms with van der Waals surface area (Å²) in [7, 11) is 2.02. The Morgan fingerprint density at radius 2 is 2.10 bits per heavy atom. The quantitative estimate of drug-likeness (QED) is 0.602. The zero-order chi connectivity index (χ0) is 15.2. The second-order valence-corrected chi connectivity index (χ2v) is 5.12. The van der Waals surface area contributed by atoms with Crippen LogP contribution in [-0.4, -0.2) is 48.0 Å². The monoisotopic (exact) mass is 316 g/mol. The topological polar surface area (TPSA) is 77.4 Å². The maximum absolute atomic E-state index is 9.57. The third kappa shape index (κ3) is 4.44. The molecule has 1 aromatic carbocycles. The average molecular weight is 316 g/mol. The lowest BCUT2D eigenvalue weighted by Gasteiger charge is -2.36. The van der Waals surface area contributed by atoms with Crippen LogP contribution in [-0.2, 0) is 18.7 Å². The molecule has 3 unspecified atom stereocenters. The molecular weight excluding hydrogens is 295 g/mol. The Balaban J connectivity index is 1.92. The Morgan fingerprint density at radius 1 is 1.38 bits per heavy atom. The minimum absolute atomic E-state index is 0.238. The van der Waals surface area contributed by atoms with Gasteiger partial charge >= 0.3 is 0 Å². The predicted octanol–water partition coefficient (Wildman–Crippen LogP) is 0.992. The van der Waals surface area contributed by atoms with Gasteiger partial charge in [0.2, 0.25) is 0 Å².